The van der Waals surface area contributed by atoms with Crippen LogP contribution in [0.1, 0.15) is 32.3 Å². The quantitative estimate of drug-likeness (QED) is 0.657. The fourth-order valence-corrected chi connectivity index (χ4v) is 3.33. The van der Waals surface area contributed by atoms with Crippen molar-refractivity contribution in [2.75, 3.05) is 0 Å². The maximum absolute atomic E-state index is 5.73. The van der Waals surface area contributed by atoms with Crippen LogP contribution < -0.4 is 11.3 Å². The Bertz CT molecular complexity index is 570. The molecule has 0 spiro atoms. The number of rotatable bonds is 5. The second-order valence-electron chi connectivity index (χ2n) is 5.45. The highest BCUT2D eigenvalue weighted by atomic mass is 32.1. The molecule has 0 aliphatic rings. The van der Waals surface area contributed by atoms with Crippen LogP contribution in [0.2, 0.25) is 0 Å². The lowest BCUT2D eigenvalue weighted by atomic mass is 9.98. The largest absolute Gasteiger partial charge is 0.271 e. The van der Waals surface area contributed by atoms with Gasteiger partial charge in [-0.05, 0) is 45.2 Å². The molecule has 1 unspecified atom stereocenters. The van der Waals surface area contributed by atoms with Crippen LogP contribution in [-0.4, -0.2) is 11.0 Å². The summed E-state index contributed by atoms with van der Waals surface area (Å²) in [6.45, 7) is 8.46. The van der Waals surface area contributed by atoms with Gasteiger partial charge in [0, 0.05) is 17.3 Å². The molecule has 108 valence electrons. The number of hydrogen-bond donors (Lipinski definition) is 2. The Balaban J connectivity index is 2.10. The second-order valence-corrected chi connectivity index (χ2v) is 6.74. The van der Waals surface area contributed by atoms with Crippen molar-refractivity contribution in [3.63, 3.8) is 0 Å². The van der Waals surface area contributed by atoms with Crippen molar-refractivity contribution in [2.24, 2.45) is 5.84 Å². The summed E-state index contributed by atoms with van der Waals surface area (Å²) in [5.74, 6) is 5.73. The van der Waals surface area contributed by atoms with Crippen LogP contribution in [-0.2, 0) is 12.8 Å². The van der Waals surface area contributed by atoms with E-state index in [9.17, 15) is 0 Å². The predicted molar refractivity (Wildman–Crippen MR) is 86.0 cm³/mol. The molecule has 0 saturated heterocycles. The molecule has 3 nitrogen and oxygen atoms in total. The number of nitrogens with zero attached hydrogens (tertiary/aromatic N) is 1. The van der Waals surface area contributed by atoms with Crippen LogP contribution in [0.4, 0.5) is 0 Å². The third-order valence-electron chi connectivity index (χ3n) is 3.70. The van der Waals surface area contributed by atoms with E-state index in [1.54, 1.807) is 11.3 Å². The van der Waals surface area contributed by atoms with Gasteiger partial charge in [0.1, 0.15) is 0 Å². The van der Waals surface area contributed by atoms with Crippen molar-refractivity contribution in [1.82, 2.24) is 10.4 Å². The highest BCUT2D eigenvalue weighted by Gasteiger charge is 2.13. The monoisotopic (exact) mass is 289 g/mol. The van der Waals surface area contributed by atoms with E-state index in [0.717, 1.165) is 23.5 Å². The van der Waals surface area contributed by atoms with E-state index in [4.69, 9.17) is 5.84 Å². The lowest BCUT2D eigenvalue weighted by Gasteiger charge is -2.16. The average Bonchev–Trinajstić information content (AvgIpc) is 2.72. The Morgan fingerprint density at radius 1 is 1.20 bits per heavy atom. The second kappa shape index (κ2) is 6.48. The molecule has 3 N–H and O–H groups in total. The molecular weight excluding hydrogens is 266 g/mol. The predicted octanol–water partition coefficient (Wildman–Crippen LogP) is 2.99. The number of nitrogens with one attached hydrogen (secondary N) is 1. The molecule has 1 aromatic heterocycles. The third kappa shape index (κ3) is 3.66. The molecular formula is C16H23N3S. The maximum atomic E-state index is 5.73. The van der Waals surface area contributed by atoms with Gasteiger partial charge in [0.2, 0.25) is 0 Å². The lowest BCUT2D eigenvalue weighted by molar-refractivity contribution is 0.520. The fraction of sp³-hybridized carbons (Fsp3) is 0.438. The standard InChI is InChI=1S/C16H23N3S/c1-10-5-6-11(2)14(7-10)8-15(19-17)9-16-18-12(3)13(4)20-16/h5-7,15,19H,8-9,17H2,1-4H3. The van der Waals surface area contributed by atoms with Crippen LogP contribution in [0.25, 0.3) is 0 Å². The van der Waals surface area contributed by atoms with Crippen molar-refractivity contribution in [2.45, 2.75) is 46.6 Å². The number of aryl methyl sites for hydroxylation is 4. The summed E-state index contributed by atoms with van der Waals surface area (Å²) >= 11 is 1.77. The van der Waals surface area contributed by atoms with Gasteiger partial charge in [-0.25, -0.2) is 4.98 Å². The summed E-state index contributed by atoms with van der Waals surface area (Å²) < 4.78 is 0. The zero-order valence-corrected chi connectivity index (χ0v) is 13.5. The first-order valence-electron chi connectivity index (χ1n) is 6.94. The highest BCUT2D eigenvalue weighted by molar-refractivity contribution is 7.11. The zero-order chi connectivity index (χ0) is 14.7. The average molecular weight is 289 g/mol. The fourth-order valence-electron chi connectivity index (χ4n) is 2.31. The molecule has 0 aliphatic carbocycles. The summed E-state index contributed by atoms with van der Waals surface area (Å²) in [4.78, 5) is 5.90. The topological polar surface area (TPSA) is 50.9 Å². The van der Waals surface area contributed by atoms with Crippen LogP contribution in [0.5, 0.6) is 0 Å². The Kier molecular flexibility index (Phi) is 4.91. The van der Waals surface area contributed by atoms with Crippen LogP contribution in [0, 0.1) is 27.7 Å². The maximum Gasteiger partial charge on any atom is 0.0947 e. The molecule has 0 fully saturated rings. The van der Waals surface area contributed by atoms with E-state index in [0.29, 0.717) is 0 Å². The first-order valence-corrected chi connectivity index (χ1v) is 7.76. The molecule has 0 saturated carbocycles. The van der Waals surface area contributed by atoms with E-state index < -0.39 is 0 Å². The van der Waals surface area contributed by atoms with Gasteiger partial charge in [0.25, 0.3) is 0 Å². The van der Waals surface area contributed by atoms with Crippen molar-refractivity contribution in [3.8, 4) is 0 Å². The van der Waals surface area contributed by atoms with Crippen molar-refractivity contribution >= 4 is 11.3 Å². The third-order valence-corrected chi connectivity index (χ3v) is 4.80. The Hall–Kier alpha value is -1.23. The summed E-state index contributed by atoms with van der Waals surface area (Å²) in [7, 11) is 0. The van der Waals surface area contributed by atoms with Crippen LogP contribution in [0.15, 0.2) is 18.2 Å². The van der Waals surface area contributed by atoms with Crippen LogP contribution >= 0.6 is 11.3 Å². The number of thiazole rings is 1. The van der Waals surface area contributed by atoms with E-state index in [-0.39, 0.29) is 6.04 Å². The zero-order valence-electron chi connectivity index (χ0n) is 12.7. The molecule has 0 bridgehead atoms. The van der Waals surface area contributed by atoms with Gasteiger partial charge in [-0.1, -0.05) is 23.8 Å². The van der Waals surface area contributed by atoms with Crippen molar-refractivity contribution < 1.29 is 0 Å². The number of aromatic nitrogens is 1. The van der Waals surface area contributed by atoms with Crippen LogP contribution in [0.3, 0.4) is 0 Å². The molecule has 2 aromatic rings. The van der Waals surface area contributed by atoms with Gasteiger partial charge in [0.05, 0.1) is 10.7 Å². The molecule has 20 heavy (non-hydrogen) atoms. The van der Waals surface area contributed by atoms with E-state index in [2.05, 4.69) is 56.3 Å². The number of nitrogens with two attached hydrogens (primary N) is 1. The highest BCUT2D eigenvalue weighted by Crippen LogP contribution is 2.20. The molecule has 1 heterocycles. The van der Waals surface area contributed by atoms with Crippen molar-refractivity contribution in [3.05, 3.63) is 50.5 Å². The van der Waals surface area contributed by atoms with Gasteiger partial charge in [-0.3, -0.25) is 11.3 Å². The summed E-state index contributed by atoms with van der Waals surface area (Å²) in [6, 6.07) is 6.80. The lowest BCUT2D eigenvalue weighted by Crippen LogP contribution is -2.38. The number of hydrogen-bond acceptors (Lipinski definition) is 4. The molecule has 0 radical (unpaired) electrons. The first-order chi connectivity index (χ1) is 9.49. The van der Waals surface area contributed by atoms with Crippen molar-refractivity contribution in [1.29, 1.82) is 0 Å². The van der Waals surface area contributed by atoms with Gasteiger partial charge in [-0.15, -0.1) is 11.3 Å². The van der Waals surface area contributed by atoms with Gasteiger partial charge >= 0.3 is 0 Å². The Morgan fingerprint density at radius 2 is 1.95 bits per heavy atom. The van der Waals surface area contributed by atoms with Gasteiger partial charge in [-0.2, -0.15) is 0 Å². The molecule has 1 atom stereocenters. The molecule has 0 amide bonds. The molecule has 0 aliphatic heterocycles. The SMILES string of the molecule is Cc1ccc(C)c(CC(Cc2nc(C)c(C)s2)NN)c1. The molecule has 2 rings (SSSR count). The Morgan fingerprint density at radius 3 is 2.55 bits per heavy atom. The summed E-state index contributed by atoms with van der Waals surface area (Å²) in [5, 5.41) is 1.16. The van der Waals surface area contributed by atoms with Gasteiger partial charge in [0.15, 0.2) is 0 Å². The Labute approximate surface area is 125 Å². The smallest absolute Gasteiger partial charge is 0.0947 e. The van der Waals surface area contributed by atoms with Gasteiger partial charge < -0.3 is 0 Å². The van der Waals surface area contributed by atoms with E-state index in [1.807, 2.05) is 0 Å². The minimum Gasteiger partial charge on any atom is -0.271 e. The normalized spacial score (nSPS) is 12.7. The molecule has 4 heteroatoms. The summed E-state index contributed by atoms with van der Waals surface area (Å²) in [6.07, 6.45) is 1.81. The first kappa shape index (κ1) is 15.2. The number of benzene rings is 1. The van der Waals surface area contributed by atoms with E-state index in [1.165, 1.54) is 21.6 Å². The van der Waals surface area contributed by atoms with E-state index >= 15 is 0 Å². The minimum atomic E-state index is 0.223. The number of hydrazine groups is 1. The minimum absolute atomic E-state index is 0.223. The summed E-state index contributed by atoms with van der Waals surface area (Å²) in [5.41, 5.74) is 8.05. The molecule has 1 aromatic carbocycles.